The van der Waals surface area contributed by atoms with Crippen LogP contribution in [-0.2, 0) is 4.74 Å². The molecule has 0 spiro atoms. The van der Waals surface area contributed by atoms with Crippen molar-refractivity contribution in [3.63, 3.8) is 0 Å². The molecule has 25 heavy (non-hydrogen) atoms. The Morgan fingerprint density at radius 2 is 1.60 bits per heavy atom. The van der Waals surface area contributed by atoms with E-state index in [9.17, 15) is 9.59 Å². The third-order valence-electron chi connectivity index (χ3n) is 3.48. The lowest BCUT2D eigenvalue weighted by Gasteiger charge is -2.13. The zero-order valence-electron chi connectivity index (χ0n) is 14.4. The molecular formula is C19H22N2O4. The van der Waals surface area contributed by atoms with Crippen LogP contribution >= 0.6 is 0 Å². The van der Waals surface area contributed by atoms with Crippen molar-refractivity contribution < 1.29 is 19.1 Å². The third-order valence-corrected chi connectivity index (χ3v) is 3.48. The number of anilines is 2. The van der Waals surface area contributed by atoms with Crippen LogP contribution in [0.1, 0.15) is 30.1 Å². The normalized spacial score (nSPS) is 10.0. The van der Waals surface area contributed by atoms with Gasteiger partial charge in [-0.25, -0.2) is 9.59 Å². The third kappa shape index (κ3) is 5.24. The van der Waals surface area contributed by atoms with E-state index in [1.807, 2.05) is 13.0 Å². The molecule has 2 aromatic carbocycles. The van der Waals surface area contributed by atoms with Crippen molar-refractivity contribution in [1.82, 2.24) is 0 Å². The lowest BCUT2D eigenvalue weighted by molar-refractivity contribution is 0.0501. The zero-order valence-corrected chi connectivity index (χ0v) is 14.4. The molecule has 0 heterocycles. The Kier molecular flexibility index (Phi) is 6.83. The van der Waals surface area contributed by atoms with E-state index in [1.54, 1.807) is 42.5 Å². The van der Waals surface area contributed by atoms with Gasteiger partial charge in [0.2, 0.25) is 0 Å². The Balaban J connectivity index is 2.07. The van der Waals surface area contributed by atoms with Gasteiger partial charge in [-0.05, 0) is 30.7 Å². The van der Waals surface area contributed by atoms with Crippen molar-refractivity contribution in [2.24, 2.45) is 0 Å². The maximum absolute atomic E-state index is 12.3. The van der Waals surface area contributed by atoms with E-state index in [1.165, 1.54) is 7.11 Å². The molecule has 0 bridgehead atoms. The van der Waals surface area contributed by atoms with Crippen LogP contribution in [0.25, 0.3) is 0 Å². The van der Waals surface area contributed by atoms with Crippen molar-refractivity contribution >= 4 is 23.4 Å². The minimum atomic E-state index is -0.474. The van der Waals surface area contributed by atoms with Gasteiger partial charge in [0.25, 0.3) is 0 Å². The number of benzene rings is 2. The molecule has 0 fully saturated rings. The molecule has 2 rings (SSSR count). The summed E-state index contributed by atoms with van der Waals surface area (Å²) in [7, 11) is 1.53. The number of unbranched alkanes of at least 4 members (excludes halogenated alkanes) is 1. The van der Waals surface area contributed by atoms with Crippen molar-refractivity contribution in [3.8, 4) is 5.75 Å². The molecule has 0 aliphatic heterocycles. The van der Waals surface area contributed by atoms with Crippen LogP contribution in [0.3, 0.4) is 0 Å². The van der Waals surface area contributed by atoms with E-state index in [0.29, 0.717) is 29.3 Å². The number of para-hydroxylation sites is 3. The number of methoxy groups -OCH3 is 1. The SMILES string of the molecule is CCCCOC(=O)c1ccccc1NC(=O)Nc1ccccc1OC. The molecule has 2 aromatic rings. The van der Waals surface area contributed by atoms with Crippen molar-refractivity contribution in [1.29, 1.82) is 0 Å². The summed E-state index contributed by atoms with van der Waals surface area (Å²) in [6.07, 6.45) is 1.74. The lowest BCUT2D eigenvalue weighted by Crippen LogP contribution is -2.21. The van der Waals surface area contributed by atoms with Crippen molar-refractivity contribution in [2.45, 2.75) is 19.8 Å². The van der Waals surface area contributed by atoms with Gasteiger partial charge in [-0.15, -0.1) is 0 Å². The Bertz CT molecular complexity index is 731. The number of nitrogens with one attached hydrogen (secondary N) is 2. The first-order valence-electron chi connectivity index (χ1n) is 8.13. The highest BCUT2D eigenvalue weighted by molar-refractivity contribution is 6.05. The molecule has 6 nitrogen and oxygen atoms in total. The number of carbonyl (C=O) groups excluding carboxylic acids is 2. The highest BCUT2D eigenvalue weighted by Crippen LogP contribution is 2.23. The van der Waals surface area contributed by atoms with Crippen LogP contribution in [0, 0.1) is 0 Å². The van der Waals surface area contributed by atoms with Crippen LogP contribution in [-0.4, -0.2) is 25.7 Å². The molecule has 132 valence electrons. The first kappa shape index (κ1) is 18.3. The van der Waals surface area contributed by atoms with E-state index >= 15 is 0 Å². The first-order chi connectivity index (χ1) is 12.2. The molecule has 0 unspecified atom stereocenters. The summed E-state index contributed by atoms with van der Waals surface area (Å²) >= 11 is 0. The minimum Gasteiger partial charge on any atom is -0.495 e. The second kappa shape index (κ2) is 9.32. The fourth-order valence-electron chi connectivity index (χ4n) is 2.18. The van der Waals surface area contributed by atoms with Gasteiger partial charge in [-0.1, -0.05) is 37.6 Å². The van der Waals surface area contributed by atoms with E-state index in [-0.39, 0.29) is 0 Å². The number of ether oxygens (including phenoxy) is 2. The first-order valence-corrected chi connectivity index (χ1v) is 8.13. The molecule has 2 N–H and O–H groups in total. The number of esters is 1. The molecule has 0 aromatic heterocycles. The molecule has 6 heteroatoms. The summed E-state index contributed by atoms with van der Waals surface area (Å²) in [6.45, 7) is 2.38. The second-order valence-corrected chi connectivity index (χ2v) is 5.31. The number of carbonyl (C=O) groups is 2. The molecule has 0 saturated heterocycles. The Morgan fingerprint density at radius 3 is 2.32 bits per heavy atom. The summed E-state index contributed by atoms with van der Waals surface area (Å²) in [5, 5.41) is 5.38. The van der Waals surface area contributed by atoms with Crippen LogP contribution in [0.5, 0.6) is 5.75 Å². The highest BCUT2D eigenvalue weighted by Gasteiger charge is 2.15. The molecular weight excluding hydrogens is 320 g/mol. The average molecular weight is 342 g/mol. The molecule has 0 aliphatic carbocycles. The van der Waals surface area contributed by atoms with Gasteiger partial charge in [-0.2, -0.15) is 0 Å². The quantitative estimate of drug-likeness (QED) is 0.581. The minimum absolute atomic E-state index is 0.314. The second-order valence-electron chi connectivity index (χ2n) is 5.31. The van der Waals surface area contributed by atoms with Gasteiger partial charge in [0, 0.05) is 0 Å². The topological polar surface area (TPSA) is 76.7 Å². The van der Waals surface area contributed by atoms with Gasteiger partial charge >= 0.3 is 12.0 Å². The van der Waals surface area contributed by atoms with Gasteiger partial charge in [-0.3, -0.25) is 0 Å². The van der Waals surface area contributed by atoms with Gasteiger partial charge in [0.15, 0.2) is 0 Å². The highest BCUT2D eigenvalue weighted by atomic mass is 16.5. The van der Waals surface area contributed by atoms with Gasteiger partial charge in [0.1, 0.15) is 5.75 Å². The monoisotopic (exact) mass is 342 g/mol. The maximum atomic E-state index is 12.3. The lowest BCUT2D eigenvalue weighted by atomic mass is 10.2. The smallest absolute Gasteiger partial charge is 0.340 e. The molecule has 0 aliphatic rings. The molecule has 0 atom stereocenters. The van der Waals surface area contributed by atoms with Crippen LogP contribution in [0.2, 0.25) is 0 Å². The van der Waals surface area contributed by atoms with Crippen LogP contribution in [0.4, 0.5) is 16.2 Å². The molecule has 0 radical (unpaired) electrons. The number of hydrogen-bond acceptors (Lipinski definition) is 4. The summed E-state index contributed by atoms with van der Waals surface area (Å²) in [5.74, 6) is 0.0894. The van der Waals surface area contributed by atoms with E-state index in [0.717, 1.165) is 12.8 Å². The van der Waals surface area contributed by atoms with Crippen LogP contribution < -0.4 is 15.4 Å². The van der Waals surface area contributed by atoms with Gasteiger partial charge in [0.05, 0.1) is 30.7 Å². The van der Waals surface area contributed by atoms with Crippen LogP contribution in [0.15, 0.2) is 48.5 Å². The predicted octanol–water partition coefficient (Wildman–Crippen LogP) is 4.30. The standard InChI is InChI=1S/C19H22N2O4/c1-3-4-13-25-18(22)14-9-5-6-10-15(14)20-19(23)21-16-11-7-8-12-17(16)24-2/h5-12H,3-4,13H2,1-2H3,(H2,20,21,23). The van der Waals surface area contributed by atoms with E-state index in [2.05, 4.69) is 10.6 Å². The number of rotatable bonds is 7. The number of amides is 2. The number of urea groups is 1. The fourth-order valence-corrected chi connectivity index (χ4v) is 2.18. The number of hydrogen-bond donors (Lipinski definition) is 2. The zero-order chi connectivity index (χ0) is 18.1. The molecule has 2 amide bonds. The van der Waals surface area contributed by atoms with Crippen molar-refractivity contribution in [3.05, 3.63) is 54.1 Å². The summed E-state index contributed by atoms with van der Waals surface area (Å²) < 4.78 is 10.4. The maximum Gasteiger partial charge on any atom is 0.340 e. The summed E-state index contributed by atoms with van der Waals surface area (Å²) in [5.41, 5.74) is 1.23. The summed E-state index contributed by atoms with van der Waals surface area (Å²) in [6, 6.07) is 13.3. The van der Waals surface area contributed by atoms with Crippen molar-refractivity contribution in [2.75, 3.05) is 24.4 Å². The summed E-state index contributed by atoms with van der Waals surface area (Å²) in [4.78, 5) is 24.4. The largest absolute Gasteiger partial charge is 0.495 e. The Morgan fingerprint density at radius 1 is 0.960 bits per heavy atom. The molecule has 0 saturated carbocycles. The van der Waals surface area contributed by atoms with E-state index < -0.39 is 12.0 Å². The Hall–Kier alpha value is -3.02. The average Bonchev–Trinajstić information content (AvgIpc) is 2.62. The fraction of sp³-hybridized carbons (Fsp3) is 0.263. The predicted molar refractivity (Wildman–Crippen MR) is 97.3 cm³/mol. The van der Waals surface area contributed by atoms with E-state index in [4.69, 9.17) is 9.47 Å². The Labute approximate surface area is 147 Å². The van der Waals surface area contributed by atoms with Gasteiger partial charge < -0.3 is 20.1 Å².